The van der Waals surface area contributed by atoms with Crippen molar-refractivity contribution < 1.29 is 0 Å². The fourth-order valence-corrected chi connectivity index (χ4v) is 2.45. The number of hydrogen-bond donors (Lipinski definition) is 1. The lowest BCUT2D eigenvalue weighted by Crippen LogP contribution is -2.08. The molecule has 0 aromatic carbocycles. The Morgan fingerprint density at radius 2 is 2.38 bits per heavy atom. The van der Waals surface area contributed by atoms with Gasteiger partial charge in [-0.05, 0) is 56.8 Å². The zero-order chi connectivity index (χ0) is 11.5. The van der Waals surface area contributed by atoms with Crippen LogP contribution in [0.5, 0.6) is 0 Å². The molecule has 84 valence electrons. The van der Waals surface area contributed by atoms with Crippen LogP contribution in [0.1, 0.15) is 18.5 Å². The summed E-state index contributed by atoms with van der Waals surface area (Å²) in [7, 11) is 0. The zero-order valence-corrected chi connectivity index (χ0v) is 11.6. The number of halogens is 2. The fraction of sp³-hybridized carbons (Fsp3) is 0.200. The Kier molecular flexibility index (Phi) is 3.78. The van der Waals surface area contributed by atoms with Gasteiger partial charge in [-0.2, -0.15) is 16.3 Å². The van der Waals surface area contributed by atoms with Gasteiger partial charge in [0.25, 0.3) is 0 Å². The molecule has 0 bridgehead atoms. The van der Waals surface area contributed by atoms with Crippen molar-refractivity contribution in [3.63, 3.8) is 0 Å². The lowest BCUT2D eigenvalue weighted by atomic mass is 10.2. The van der Waals surface area contributed by atoms with Gasteiger partial charge in [-0.3, -0.25) is 0 Å². The molecule has 0 saturated heterocycles. The van der Waals surface area contributed by atoms with Crippen LogP contribution < -0.4 is 5.32 Å². The van der Waals surface area contributed by atoms with Crippen molar-refractivity contribution in [2.75, 3.05) is 5.32 Å². The summed E-state index contributed by atoms with van der Waals surface area (Å²) in [5, 5.41) is 7.67. The van der Waals surface area contributed by atoms with Gasteiger partial charge >= 0.3 is 0 Å². The normalized spacial score (nSPS) is 12.4. The number of hydrogen-bond acceptors (Lipinski definition) is 4. The number of rotatable bonds is 3. The standard InChI is InChI=1S/C10H9BrClN3S/c1-6(7-2-3-16-5-7)14-9-8(11)4-13-10(12)15-9/h2-6H,1H3,(H,13,14,15). The molecule has 0 fully saturated rings. The van der Waals surface area contributed by atoms with Crippen molar-refractivity contribution in [3.05, 3.63) is 38.3 Å². The Balaban J connectivity index is 2.17. The third-order valence-electron chi connectivity index (χ3n) is 2.11. The first-order chi connectivity index (χ1) is 7.66. The molecule has 0 saturated carbocycles. The van der Waals surface area contributed by atoms with Crippen molar-refractivity contribution >= 4 is 44.7 Å². The van der Waals surface area contributed by atoms with E-state index in [1.54, 1.807) is 17.5 Å². The van der Waals surface area contributed by atoms with E-state index in [4.69, 9.17) is 11.6 Å². The van der Waals surface area contributed by atoms with Crippen LogP contribution >= 0.6 is 38.9 Å². The first-order valence-corrected chi connectivity index (χ1v) is 6.75. The Morgan fingerprint density at radius 1 is 1.56 bits per heavy atom. The Bertz CT molecular complexity index is 475. The lowest BCUT2D eigenvalue weighted by molar-refractivity contribution is 0.875. The predicted octanol–water partition coefficient (Wildman–Crippen LogP) is 4.13. The van der Waals surface area contributed by atoms with Crippen LogP contribution in [0.4, 0.5) is 5.82 Å². The Labute approximate surface area is 111 Å². The van der Waals surface area contributed by atoms with E-state index in [0.29, 0.717) is 5.82 Å². The molecule has 0 aliphatic carbocycles. The number of anilines is 1. The minimum absolute atomic E-state index is 0.188. The van der Waals surface area contributed by atoms with Gasteiger partial charge in [0.05, 0.1) is 10.5 Å². The van der Waals surface area contributed by atoms with Crippen molar-refractivity contribution in [1.29, 1.82) is 0 Å². The first-order valence-electron chi connectivity index (χ1n) is 4.63. The Morgan fingerprint density at radius 3 is 3.06 bits per heavy atom. The maximum atomic E-state index is 5.74. The van der Waals surface area contributed by atoms with Gasteiger partial charge in [0, 0.05) is 6.20 Å². The second kappa shape index (κ2) is 5.12. The molecule has 1 atom stereocenters. The molecule has 1 N–H and O–H groups in total. The smallest absolute Gasteiger partial charge is 0.224 e. The van der Waals surface area contributed by atoms with Gasteiger partial charge < -0.3 is 5.32 Å². The number of nitrogens with zero attached hydrogens (tertiary/aromatic N) is 2. The summed E-state index contributed by atoms with van der Waals surface area (Å²) < 4.78 is 0.805. The molecule has 1 unspecified atom stereocenters. The lowest BCUT2D eigenvalue weighted by Gasteiger charge is -2.14. The SMILES string of the molecule is CC(Nc1nc(Cl)ncc1Br)c1ccsc1. The van der Waals surface area contributed by atoms with Crippen LogP contribution in [0.25, 0.3) is 0 Å². The van der Waals surface area contributed by atoms with Crippen molar-refractivity contribution in [1.82, 2.24) is 9.97 Å². The summed E-state index contributed by atoms with van der Waals surface area (Å²) in [4.78, 5) is 8.00. The second-order valence-electron chi connectivity index (χ2n) is 3.26. The van der Waals surface area contributed by atoms with E-state index in [9.17, 15) is 0 Å². The minimum Gasteiger partial charge on any atom is -0.362 e. The van der Waals surface area contributed by atoms with Gasteiger partial charge in [-0.25, -0.2) is 4.98 Å². The van der Waals surface area contributed by atoms with Gasteiger partial charge in [-0.15, -0.1) is 0 Å². The summed E-state index contributed by atoms with van der Waals surface area (Å²) in [6.45, 7) is 2.07. The van der Waals surface area contributed by atoms with Crippen LogP contribution in [0.2, 0.25) is 5.28 Å². The molecule has 0 spiro atoms. The molecule has 0 aliphatic heterocycles. The highest BCUT2D eigenvalue weighted by molar-refractivity contribution is 9.10. The quantitative estimate of drug-likeness (QED) is 0.865. The van der Waals surface area contributed by atoms with E-state index in [2.05, 4.69) is 55.0 Å². The Hall–Kier alpha value is -0.650. The summed E-state index contributed by atoms with van der Waals surface area (Å²) >= 11 is 10.8. The number of nitrogens with one attached hydrogen (secondary N) is 1. The van der Waals surface area contributed by atoms with Crippen molar-refractivity contribution in [2.45, 2.75) is 13.0 Å². The van der Waals surface area contributed by atoms with Crippen molar-refractivity contribution in [2.24, 2.45) is 0 Å². The molecular weight excluding hydrogens is 310 g/mol. The van der Waals surface area contributed by atoms with E-state index in [-0.39, 0.29) is 11.3 Å². The molecule has 2 rings (SSSR count). The van der Waals surface area contributed by atoms with Crippen LogP contribution in [0.15, 0.2) is 27.5 Å². The summed E-state index contributed by atoms with van der Waals surface area (Å²) in [5.41, 5.74) is 1.23. The predicted molar refractivity (Wildman–Crippen MR) is 71.1 cm³/mol. The minimum atomic E-state index is 0.188. The van der Waals surface area contributed by atoms with E-state index >= 15 is 0 Å². The molecular formula is C10H9BrClN3S. The van der Waals surface area contributed by atoms with E-state index < -0.39 is 0 Å². The molecule has 3 nitrogen and oxygen atoms in total. The summed E-state index contributed by atoms with van der Waals surface area (Å²) in [5.74, 6) is 0.707. The first kappa shape index (κ1) is 11.8. The zero-order valence-electron chi connectivity index (χ0n) is 8.45. The molecule has 16 heavy (non-hydrogen) atoms. The molecule has 2 aromatic rings. The molecule has 0 aliphatic rings. The average molecular weight is 319 g/mol. The number of thiophene rings is 1. The van der Waals surface area contributed by atoms with Gasteiger partial charge in [0.1, 0.15) is 5.82 Å². The third-order valence-corrected chi connectivity index (χ3v) is 3.58. The highest BCUT2D eigenvalue weighted by atomic mass is 79.9. The topological polar surface area (TPSA) is 37.8 Å². The average Bonchev–Trinajstić information content (AvgIpc) is 2.76. The van der Waals surface area contributed by atoms with Gasteiger partial charge in [0.2, 0.25) is 5.28 Å². The van der Waals surface area contributed by atoms with Crippen LogP contribution in [-0.2, 0) is 0 Å². The largest absolute Gasteiger partial charge is 0.362 e. The maximum absolute atomic E-state index is 5.74. The summed E-state index contributed by atoms with van der Waals surface area (Å²) in [6, 6.07) is 2.27. The molecule has 0 amide bonds. The molecule has 6 heteroatoms. The fourth-order valence-electron chi connectivity index (χ4n) is 1.26. The third kappa shape index (κ3) is 2.72. The van der Waals surface area contributed by atoms with E-state index in [0.717, 1.165) is 4.47 Å². The molecule has 2 heterocycles. The van der Waals surface area contributed by atoms with Crippen LogP contribution in [0, 0.1) is 0 Å². The number of aromatic nitrogens is 2. The molecule has 0 radical (unpaired) electrons. The van der Waals surface area contributed by atoms with Gasteiger partial charge in [-0.1, -0.05) is 0 Å². The summed E-state index contributed by atoms with van der Waals surface area (Å²) in [6.07, 6.45) is 1.64. The second-order valence-corrected chi connectivity index (χ2v) is 5.23. The van der Waals surface area contributed by atoms with Crippen molar-refractivity contribution in [3.8, 4) is 0 Å². The van der Waals surface area contributed by atoms with Gasteiger partial charge in [0.15, 0.2) is 0 Å². The van der Waals surface area contributed by atoms with Crippen LogP contribution in [-0.4, -0.2) is 9.97 Å². The highest BCUT2D eigenvalue weighted by Gasteiger charge is 2.09. The molecule has 2 aromatic heterocycles. The highest BCUT2D eigenvalue weighted by Crippen LogP contribution is 2.25. The van der Waals surface area contributed by atoms with E-state index in [1.807, 2.05) is 0 Å². The van der Waals surface area contributed by atoms with E-state index in [1.165, 1.54) is 5.56 Å². The van der Waals surface area contributed by atoms with Crippen LogP contribution in [0.3, 0.4) is 0 Å². The monoisotopic (exact) mass is 317 g/mol. The maximum Gasteiger partial charge on any atom is 0.224 e.